The molecule has 1 amide bonds. The lowest BCUT2D eigenvalue weighted by molar-refractivity contribution is 0.0210. The van der Waals surface area contributed by atoms with Crippen LogP contribution in [0.3, 0.4) is 0 Å². The molecule has 2 aromatic rings. The van der Waals surface area contributed by atoms with Gasteiger partial charge in [0.05, 0.1) is 24.5 Å². The molecule has 6 nitrogen and oxygen atoms in total. The van der Waals surface area contributed by atoms with Gasteiger partial charge in [-0.3, -0.25) is 4.98 Å². The highest BCUT2D eigenvalue weighted by Gasteiger charge is 2.26. The summed E-state index contributed by atoms with van der Waals surface area (Å²) in [6, 6.07) is 8.30. The van der Waals surface area contributed by atoms with Crippen LogP contribution >= 0.6 is 0 Å². The summed E-state index contributed by atoms with van der Waals surface area (Å²) in [5.41, 5.74) is 1.46. The highest BCUT2D eigenvalue weighted by atomic mass is 16.6. The fourth-order valence-electron chi connectivity index (χ4n) is 3.08. The molecular formula is C20H27N3O3. The summed E-state index contributed by atoms with van der Waals surface area (Å²) in [6.45, 7) is 7.07. The van der Waals surface area contributed by atoms with Crippen molar-refractivity contribution in [2.24, 2.45) is 0 Å². The Balaban J connectivity index is 1.57. The van der Waals surface area contributed by atoms with Crippen LogP contribution in [0.1, 0.15) is 33.6 Å². The summed E-state index contributed by atoms with van der Waals surface area (Å²) in [6.07, 6.45) is 3.40. The van der Waals surface area contributed by atoms with Gasteiger partial charge in [-0.2, -0.15) is 0 Å². The molecule has 1 aliphatic rings. The van der Waals surface area contributed by atoms with Crippen LogP contribution in [-0.2, 0) is 4.74 Å². The van der Waals surface area contributed by atoms with Crippen molar-refractivity contribution < 1.29 is 14.3 Å². The van der Waals surface area contributed by atoms with Crippen LogP contribution in [-0.4, -0.2) is 47.8 Å². The van der Waals surface area contributed by atoms with Gasteiger partial charge in [0.15, 0.2) is 0 Å². The molecule has 1 saturated heterocycles. The number of methoxy groups -OCH3 is 1. The molecule has 1 fully saturated rings. The third-order valence-corrected chi connectivity index (χ3v) is 4.41. The number of pyridine rings is 1. The molecule has 6 heteroatoms. The van der Waals surface area contributed by atoms with E-state index in [1.165, 1.54) is 0 Å². The van der Waals surface area contributed by atoms with Crippen molar-refractivity contribution in [1.82, 2.24) is 9.88 Å². The van der Waals surface area contributed by atoms with Crippen LogP contribution in [0.2, 0.25) is 0 Å². The van der Waals surface area contributed by atoms with E-state index < -0.39 is 5.60 Å². The van der Waals surface area contributed by atoms with E-state index >= 15 is 0 Å². The van der Waals surface area contributed by atoms with Gasteiger partial charge in [-0.1, -0.05) is 0 Å². The highest BCUT2D eigenvalue weighted by molar-refractivity contribution is 5.82. The van der Waals surface area contributed by atoms with Gasteiger partial charge in [-0.15, -0.1) is 0 Å². The van der Waals surface area contributed by atoms with Gasteiger partial charge >= 0.3 is 6.09 Å². The van der Waals surface area contributed by atoms with Crippen LogP contribution in [0.15, 0.2) is 30.5 Å². The topological polar surface area (TPSA) is 63.7 Å². The normalized spacial score (nSPS) is 15.8. The van der Waals surface area contributed by atoms with E-state index in [1.807, 2.05) is 45.2 Å². The van der Waals surface area contributed by atoms with E-state index in [9.17, 15) is 4.79 Å². The fraction of sp³-hybridized carbons (Fsp3) is 0.500. The first-order valence-corrected chi connectivity index (χ1v) is 9.02. The molecule has 0 atom stereocenters. The summed E-state index contributed by atoms with van der Waals surface area (Å²) in [5.74, 6) is 0.806. The monoisotopic (exact) mass is 357 g/mol. The predicted octanol–water partition coefficient (Wildman–Crippen LogP) is 4.05. The van der Waals surface area contributed by atoms with Crippen LogP contribution in [0.25, 0.3) is 10.9 Å². The maximum Gasteiger partial charge on any atom is 0.410 e. The summed E-state index contributed by atoms with van der Waals surface area (Å²) in [7, 11) is 1.65. The Hall–Kier alpha value is -2.50. The van der Waals surface area contributed by atoms with Crippen LogP contribution in [0.4, 0.5) is 10.5 Å². The maximum absolute atomic E-state index is 12.1. The van der Waals surface area contributed by atoms with Crippen molar-refractivity contribution in [3.63, 3.8) is 0 Å². The van der Waals surface area contributed by atoms with Gasteiger partial charge < -0.3 is 19.7 Å². The van der Waals surface area contributed by atoms with Crippen molar-refractivity contribution in [2.45, 2.75) is 45.3 Å². The zero-order valence-corrected chi connectivity index (χ0v) is 15.9. The van der Waals surface area contributed by atoms with E-state index in [0.717, 1.165) is 35.2 Å². The Morgan fingerprint density at radius 3 is 2.62 bits per heavy atom. The van der Waals surface area contributed by atoms with Gasteiger partial charge in [0.25, 0.3) is 0 Å². The van der Waals surface area contributed by atoms with Gasteiger partial charge in [-0.05, 0) is 51.8 Å². The van der Waals surface area contributed by atoms with Crippen LogP contribution < -0.4 is 10.1 Å². The fourth-order valence-corrected chi connectivity index (χ4v) is 3.08. The minimum Gasteiger partial charge on any atom is -0.497 e. The van der Waals surface area contributed by atoms with Crippen molar-refractivity contribution in [3.05, 3.63) is 30.5 Å². The quantitative estimate of drug-likeness (QED) is 0.898. The molecule has 0 radical (unpaired) electrons. The number of hydrogen-bond acceptors (Lipinski definition) is 5. The number of anilines is 1. The van der Waals surface area contributed by atoms with Gasteiger partial charge in [-0.25, -0.2) is 4.79 Å². The van der Waals surface area contributed by atoms with Crippen LogP contribution in [0.5, 0.6) is 5.75 Å². The maximum atomic E-state index is 12.1. The Bertz CT molecular complexity index is 777. The van der Waals surface area contributed by atoms with E-state index in [0.29, 0.717) is 19.1 Å². The summed E-state index contributed by atoms with van der Waals surface area (Å²) in [5, 5.41) is 4.61. The number of carbonyl (C=O) groups excluding carboxylic acids is 1. The van der Waals surface area contributed by atoms with Crippen molar-refractivity contribution in [3.8, 4) is 5.75 Å². The van der Waals surface area contributed by atoms with Crippen molar-refractivity contribution in [1.29, 1.82) is 0 Å². The first kappa shape index (κ1) is 18.3. The number of piperidine rings is 1. The lowest BCUT2D eigenvalue weighted by Crippen LogP contribution is -2.44. The third kappa shape index (κ3) is 4.56. The number of carbonyl (C=O) groups is 1. The molecule has 0 aliphatic carbocycles. The Morgan fingerprint density at radius 2 is 1.96 bits per heavy atom. The number of likely N-dealkylation sites (tertiary alicyclic amines) is 1. The smallest absolute Gasteiger partial charge is 0.410 e. The average Bonchev–Trinajstić information content (AvgIpc) is 2.60. The molecule has 2 heterocycles. The number of benzene rings is 1. The largest absolute Gasteiger partial charge is 0.497 e. The van der Waals surface area contributed by atoms with Gasteiger partial charge in [0.2, 0.25) is 0 Å². The van der Waals surface area contributed by atoms with Crippen LogP contribution in [0, 0.1) is 0 Å². The number of nitrogens with zero attached hydrogens (tertiary/aromatic N) is 2. The van der Waals surface area contributed by atoms with Gasteiger partial charge in [0, 0.05) is 30.6 Å². The SMILES string of the molecule is COc1ccc2cc(NC3CCN(C(=O)OC(C)(C)C)CC3)cnc2c1. The summed E-state index contributed by atoms with van der Waals surface area (Å²) in [4.78, 5) is 18.4. The number of aromatic nitrogens is 1. The molecule has 0 spiro atoms. The molecular weight excluding hydrogens is 330 g/mol. The number of fused-ring (bicyclic) bond motifs is 1. The Kier molecular flexibility index (Phi) is 5.20. The second kappa shape index (κ2) is 7.40. The number of hydrogen-bond donors (Lipinski definition) is 1. The minimum atomic E-state index is -0.453. The molecule has 1 aromatic heterocycles. The predicted molar refractivity (Wildman–Crippen MR) is 103 cm³/mol. The Labute approximate surface area is 154 Å². The number of nitrogens with one attached hydrogen (secondary N) is 1. The zero-order valence-electron chi connectivity index (χ0n) is 15.9. The first-order valence-electron chi connectivity index (χ1n) is 9.02. The minimum absolute atomic E-state index is 0.225. The zero-order chi connectivity index (χ0) is 18.7. The first-order chi connectivity index (χ1) is 12.3. The molecule has 1 aromatic carbocycles. The standard InChI is InChI=1S/C20H27N3O3/c1-20(2,3)26-19(24)23-9-7-15(8-10-23)22-16-11-14-5-6-17(25-4)12-18(14)21-13-16/h5-6,11-13,15,22H,7-10H2,1-4H3. The molecule has 0 saturated carbocycles. The summed E-state index contributed by atoms with van der Waals surface area (Å²) >= 11 is 0. The van der Waals surface area contributed by atoms with Crippen molar-refractivity contribution in [2.75, 3.05) is 25.5 Å². The molecule has 3 rings (SSSR count). The molecule has 140 valence electrons. The lowest BCUT2D eigenvalue weighted by atomic mass is 10.0. The Morgan fingerprint density at radius 1 is 1.23 bits per heavy atom. The number of ether oxygens (including phenoxy) is 2. The van der Waals surface area contributed by atoms with E-state index in [4.69, 9.17) is 9.47 Å². The van der Waals surface area contributed by atoms with E-state index in [2.05, 4.69) is 16.4 Å². The average molecular weight is 357 g/mol. The second-order valence-electron chi connectivity index (χ2n) is 7.67. The number of amides is 1. The van der Waals surface area contributed by atoms with E-state index in [-0.39, 0.29) is 6.09 Å². The molecule has 1 N–H and O–H groups in total. The van der Waals surface area contributed by atoms with Crippen molar-refractivity contribution >= 4 is 22.7 Å². The van der Waals surface area contributed by atoms with E-state index in [1.54, 1.807) is 12.0 Å². The molecule has 0 bridgehead atoms. The third-order valence-electron chi connectivity index (χ3n) is 4.41. The number of rotatable bonds is 3. The highest BCUT2D eigenvalue weighted by Crippen LogP contribution is 2.23. The van der Waals surface area contributed by atoms with Gasteiger partial charge in [0.1, 0.15) is 11.4 Å². The molecule has 1 aliphatic heterocycles. The molecule has 0 unspecified atom stereocenters. The summed E-state index contributed by atoms with van der Waals surface area (Å²) < 4.78 is 10.7. The molecule has 26 heavy (non-hydrogen) atoms. The lowest BCUT2D eigenvalue weighted by Gasteiger charge is -2.34. The second-order valence-corrected chi connectivity index (χ2v) is 7.67.